The van der Waals surface area contributed by atoms with Crippen molar-refractivity contribution in [1.29, 1.82) is 0 Å². The molecule has 19 heavy (non-hydrogen) atoms. The first-order valence-corrected chi connectivity index (χ1v) is 6.54. The van der Waals surface area contributed by atoms with Gasteiger partial charge in [-0.05, 0) is 26.0 Å². The molecular weight excluding hydrogens is 266 g/mol. The summed E-state index contributed by atoms with van der Waals surface area (Å²) < 4.78 is 0. The van der Waals surface area contributed by atoms with Crippen molar-refractivity contribution in [2.45, 2.75) is 13.8 Å². The maximum absolute atomic E-state index is 11.7. The van der Waals surface area contributed by atoms with E-state index in [1.807, 2.05) is 0 Å². The second-order valence-electron chi connectivity index (χ2n) is 4.74. The monoisotopic (exact) mass is 283 g/mol. The molecule has 104 valence electrons. The molecule has 0 unspecified atom stereocenters. The van der Waals surface area contributed by atoms with E-state index in [2.05, 4.69) is 15.6 Å². The van der Waals surface area contributed by atoms with Crippen LogP contribution in [0, 0.1) is 5.41 Å². The molecule has 2 amide bonds. The van der Waals surface area contributed by atoms with Gasteiger partial charge in [0.25, 0.3) is 5.91 Å². The van der Waals surface area contributed by atoms with Crippen LogP contribution in [0.2, 0.25) is 0 Å². The minimum Gasteiger partial charge on any atom is -0.354 e. The van der Waals surface area contributed by atoms with Crippen molar-refractivity contribution in [3.8, 4) is 0 Å². The summed E-state index contributed by atoms with van der Waals surface area (Å²) in [5, 5.41) is 5.40. The van der Waals surface area contributed by atoms with Crippen LogP contribution in [0.4, 0.5) is 0 Å². The summed E-state index contributed by atoms with van der Waals surface area (Å²) >= 11 is 5.69. The summed E-state index contributed by atoms with van der Waals surface area (Å²) in [6.07, 6.45) is 1.56. The van der Waals surface area contributed by atoms with Crippen molar-refractivity contribution < 1.29 is 9.59 Å². The molecule has 1 rings (SSSR count). The third-order valence-corrected chi connectivity index (χ3v) is 3.21. The maximum Gasteiger partial charge on any atom is 0.269 e. The Bertz CT molecular complexity index is 435. The molecule has 0 spiro atoms. The number of nitrogens with one attached hydrogen (secondary N) is 2. The van der Waals surface area contributed by atoms with E-state index in [-0.39, 0.29) is 17.7 Å². The number of aromatic nitrogens is 1. The minimum atomic E-state index is -0.605. The number of alkyl halides is 1. The first kappa shape index (κ1) is 15.4. The number of halogens is 1. The van der Waals surface area contributed by atoms with Gasteiger partial charge in [-0.1, -0.05) is 6.07 Å². The van der Waals surface area contributed by atoms with Crippen LogP contribution in [0.1, 0.15) is 24.3 Å². The van der Waals surface area contributed by atoms with Crippen LogP contribution in [0.25, 0.3) is 0 Å². The van der Waals surface area contributed by atoms with E-state index in [1.54, 1.807) is 38.2 Å². The lowest BCUT2D eigenvalue weighted by atomic mass is 9.95. The summed E-state index contributed by atoms with van der Waals surface area (Å²) in [6, 6.07) is 5.11. The number of amides is 2. The molecule has 0 radical (unpaired) electrons. The lowest BCUT2D eigenvalue weighted by molar-refractivity contribution is -0.128. The molecule has 1 aromatic heterocycles. The Hall–Kier alpha value is -1.62. The van der Waals surface area contributed by atoms with Gasteiger partial charge >= 0.3 is 0 Å². The molecule has 0 fully saturated rings. The summed E-state index contributed by atoms with van der Waals surface area (Å²) in [6.45, 7) is 4.24. The first-order chi connectivity index (χ1) is 8.97. The van der Waals surface area contributed by atoms with Crippen LogP contribution in [-0.2, 0) is 4.79 Å². The van der Waals surface area contributed by atoms with E-state index >= 15 is 0 Å². The number of hydrogen-bond acceptors (Lipinski definition) is 3. The van der Waals surface area contributed by atoms with E-state index in [0.29, 0.717) is 18.8 Å². The number of nitrogens with zero attached hydrogens (tertiary/aromatic N) is 1. The summed E-state index contributed by atoms with van der Waals surface area (Å²) in [4.78, 5) is 27.3. The Labute approximate surface area is 117 Å². The number of carbonyl (C=O) groups is 2. The Morgan fingerprint density at radius 2 is 1.95 bits per heavy atom. The van der Waals surface area contributed by atoms with E-state index in [4.69, 9.17) is 11.6 Å². The van der Waals surface area contributed by atoms with Crippen LogP contribution < -0.4 is 10.6 Å². The fourth-order valence-corrected chi connectivity index (χ4v) is 1.36. The van der Waals surface area contributed by atoms with Gasteiger partial charge < -0.3 is 10.6 Å². The highest BCUT2D eigenvalue weighted by atomic mass is 35.5. The highest BCUT2D eigenvalue weighted by Crippen LogP contribution is 2.16. The van der Waals surface area contributed by atoms with Gasteiger partial charge in [-0.25, -0.2) is 0 Å². The molecule has 2 N–H and O–H groups in total. The van der Waals surface area contributed by atoms with Crippen LogP contribution in [0.5, 0.6) is 0 Å². The van der Waals surface area contributed by atoms with E-state index < -0.39 is 5.41 Å². The zero-order valence-corrected chi connectivity index (χ0v) is 11.8. The number of hydrogen-bond donors (Lipinski definition) is 2. The molecular formula is C13H18ClN3O2. The standard InChI is InChI=1S/C13H18ClN3O2/c1-13(2,9-14)12(19)17-8-7-16-11(18)10-5-3-4-6-15-10/h3-6H,7-9H2,1-2H3,(H,16,18)(H,17,19). The van der Waals surface area contributed by atoms with Gasteiger partial charge in [0, 0.05) is 25.2 Å². The van der Waals surface area contributed by atoms with Gasteiger partial charge in [0.05, 0.1) is 5.41 Å². The van der Waals surface area contributed by atoms with Gasteiger partial charge in [0.15, 0.2) is 0 Å². The zero-order chi connectivity index (χ0) is 14.3. The van der Waals surface area contributed by atoms with Crippen LogP contribution in [-0.4, -0.2) is 35.8 Å². The number of pyridine rings is 1. The van der Waals surface area contributed by atoms with Crippen molar-refractivity contribution in [3.63, 3.8) is 0 Å². The van der Waals surface area contributed by atoms with Crippen LogP contribution in [0.3, 0.4) is 0 Å². The Kier molecular flexibility index (Phi) is 5.76. The van der Waals surface area contributed by atoms with Crippen LogP contribution in [0.15, 0.2) is 24.4 Å². The smallest absolute Gasteiger partial charge is 0.269 e. The lowest BCUT2D eigenvalue weighted by Gasteiger charge is -2.20. The highest BCUT2D eigenvalue weighted by Gasteiger charge is 2.25. The van der Waals surface area contributed by atoms with Crippen molar-refractivity contribution in [2.24, 2.45) is 5.41 Å². The fourth-order valence-electron chi connectivity index (χ4n) is 1.24. The fraction of sp³-hybridized carbons (Fsp3) is 0.462. The normalized spacial score (nSPS) is 10.9. The average molecular weight is 284 g/mol. The van der Waals surface area contributed by atoms with Crippen molar-refractivity contribution in [3.05, 3.63) is 30.1 Å². The molecule has 5 nitrogen and oxygen atoms in total. The largest absolute Gasteiger partial charge is 0.354 e. The number of rotatable bonds is 6. The Balaban J connectivity index is 2.29. The predicted octanol–water partition coefficient (Wildman–Crippen LogP) is 1.19. The van der Waals surface area contributed by atoms with Gasteiger partial charge in [0.1, 0.15) is 5.69 Å². The SMILES string of the molecule is CC(C)(CCl)C(=O)NCCNC(=O)c1ccccn1. The van der Waals surface area contributed by atoms with Gasteiger partial charge in [-0.2, -0.15) is 0 Å². The van der Waals surface area contributed by atoms with E-state index in [9.17, 15) is 9.59 Å². The van der Waals surface area contributed by atoms with Crippen LogP contribution >= 0.6 is 11.6 Å². The molecule has 1 heterocycles. The summed E-state index contributed by atoms with van der Waals surface area (Å²) in [5.41, 5.74) is -0.248. The second-order valence-corrected chi connectivity index (χ2v) is 5.01. The molecule has 0 bridgehead atoms. The zero-order valence-electron chi connectivity index (χ0n) is 11.1. The molecule has 0 aliphatic rings. The van der Waals surface area contributed by atoms with Gasteiger partial charge in [-0.3, -0.25) is 14.6 Å². The molecule has 1 aromatic rings. The molecule has 0 saturated heterocycles. The van der Waals surface area contributed by atoms with E-state index in [1.165, 1.54) is 0 Å². The molecule has 0 aliphatic carbocycles. The van der Waals surface area contributed by atoms with Crippen molar-refractivity contribution in [2.75, 3.05) is 19.0 Å². The highest BCUT2D eigenvalue weighted by molar-refractivity contribution is 6.19. The third kappa shape index (κ3) is 4.87. The Morgan fingerprint density at radius 3 is 2.53 bits per heavy atom. The summed E-state index contributed by atoms with van der Waals surface area (Å²) in [7, 11) is 0. The van der Waals surface area contributed by atoms with Crippen molar-refractivity contribution in [1.82, 2.24) is 15.6 Å². The molecule has 0 aromatic carbocycles. The maximum atomic E-state index is 11.7. The van der Waals surface area contributed by atoms with Gasteiger partial charge in [0.2, 0.25) is 5.91 Å². The molecule has 6 heteroatoms. The van der Waals surface area contributed by atoms with Crippen molar-refractivity contribution >= 4 is 23.4 Å². The average Bonchev–Trinajstić information content (AvgIpc) is 2.43. The summed E-state index contributed by atoms with van der Waals surface area (Å²) in [5.74, 6) is -0.139. The molecule has 0 atom stereocenters. The first-order valence-electron chi connectivity index (χ1n) is 6.01. The molecule has 0 saturated carbocycles. The second kappa shape index (κ2) is 7.09. The van der Waals surface area contributed by atoms with E-state index in [0.717, 1.165) is 0 Å². The predicted molar refractivity (Wildman–Crippen MR) is 74.1 cm³/mol. The minimum absolute atomic E-state index is 0.130. The lowest BCUT2D eigenvalue weighted by Crippen LogP contribution is -2.42. The molecule has 0 aliphatic heterocycles. The quantitative estimate of drug-likeness (QED) is 0.609. The topological polar surface area (TPSA) is 71.1 Å². The number of carbonyl (C=O) groups excluding carboxylic acids is 2. The third-order valence-electron chi connectivity index (χ3n) is 2.54. The van der Waals surface area contributed by atoms with Gasteiger partial charge in [-0.15, -0.1) is 11.6 Å². The Morgan fingerprint density at radius 1 is 1.26 bits per heavy atom.